The lowest BCUT2D eigenvalue weighted by atomic mass is 10.1. The van der Waals surface area contributed by atoms with E-state index in [1.807, 2.05) is 30.3 Å². The minimum absolute atomic E-state index is 0.0428. The van der Waals surface area contributed by atoms with Gasteiger partial charge in [-0.2, -0.15) is 0 Å². The number of nitrogens with one attached hydrogen (secondary N) is 1. The molecule has 0 unspecified atom stereocenters. The van der Waals surface area contributed by atoms with E-state index in [0.29, 0.717) is 16.7 Å². The van der Waals surface area contributed by atoms with Crippen molar-refractivity contribution in [2.75, 3.05) is 18.5 Å². The molecule has 0 aromatic heterocycles. The monoisotopic (exact) mass is 475 g/mol. The summed E-state index contributed by atoms with van der Waals surface area (Å²) in [5, 5.41) is 13.3. The maximum atomic E-state index is 12.3. The molecule has 156 valence electrons. The van der Waals surface area contributed by atoms with Crippen LogP contribution in [0.3, 0.4) is 0 Å². The molecule has 0 aliphatic carbocycles. The summed E-state index contributed by atoms with van der Waals surface area (Å²) in [5.74, 6) is -1.97. The SMILES string of the molecule is O=C(COC(=O)[C@H]1CC(=O)N(Cc2ccccc2)C1)Nc1ccc([N+](=O)[O-])cc1Br. The van der Waals surface area contributed by atoms with E-state index in [9.17, 15) is 24.5 Å². The molecule has 10 heteroatoms. The van der Waals surface area contributed by atoms with Crippen molar-refractivity contribution in [1.29, 1.82) is 0 Å². The summed E-state index contributed by atoms with van der Waals surface area (Å²) in [6.07, 6.45) is 0.0428. The molecular formula is C20H18BrN3O6. The molecule has 0 saturated carbocycles. The first-order chi connectivity index (χ1) is 14.3. The fourth-order valence-electron chi connectivity index (χ4n) is 3.05. The molecule has 1 aliphatic rings. The molecule has 2 amide bonds. The first-order valence-corrected chi connectivity index (χ1v) is 9.85. The fraction of sp³-hybridized carbons (Fsp3) is 0.250. The number of non-ortho nitro benzene ring substituents is 1. The second-order valence-electron chi connectivity index (χ2n) is 6.74. The lowest BCUT2D eigenvalue weighted by Crippen LogP contribution is -2.28. The lowest BCUT2D eigenvalue weighted by molar-refractivity contribution is -0.384. The number of hydrogen-bond acceptors (Lipinski definition) is 6. The average Bonchev–Trinajstić information content (AvgIpc) is 3.08. The molecule has 1 fully saturated rings. The molecule has 1 atom stereocenters. The van der Waals surface area contributed by atoms with Crippen LogP contribution in [0.5, 0.6) is 0 Å². The van der Waals surface area contributed by atoms with Gasteiger partial charge in [0.15, 0.2) is 6.61 Å². The van der Waals surface area contributed by atoms with Crippen molar-refractivity contribution in [2.24, 2.45) is 5.92 Å². The number of amides is 2. The standard InChI is InChI=1S/C20H18BrN3O6/c21-16-9-15(24(28)29)6-7-17(16)22-18(25)12-30-20(27)14-8-19(26)23(11-14)10-13-4-2-1-3-5-13/h1-7,9,14H,8,10-12H2,(H,22,25)/t14-/m0/s1. The highest BCUT2D eigenvalue weighted by molar-refractivity contribution is 9.10. The normalized spacial score (nSPS) is 15.7. The van der Waals surface area contributed by atoms with Gasteiger partial charge in [0.2, 0.25) is 5.91 Å². The van der Waals surface area contributed by atoms with Gasteiger partial charge < -0.3 is 15.0 Å². The van der Waals surface area contributed by atoms with Gasteiger partial charge in [0.1, 0.15) is 0 Å². The third kappa shape index (κ3) is 5.41. The molecule has 1 saturated heterocycles. The number of carbonyl (C=O) groups is 3. The van der Waals surface area contributed by atoms with E-state index in [1.54, 1.807) is 4.90 Å². The Kier molecular flexibility index (Phi) is 6.78. The Morgan fingerprint density at radius 2 is 1.97 bits per heavy atom. The van der Waals surface area contributed by atoms with E-state index in [1.165, 1.54) is 18.2 Å². The summed E-state index contributed by atoms with van der Waals surface area (Å²) in [6, 6.07) is 13.3. The van der Waals surface area contributed by atoms with Gasteiger partial charge in [-0.15, -0.1) is 0 Å². The molecule has 2 aromatic carbocycles. The van der Waals surface area contributed by atoms with Crippen LogP contribution in [-0.2, 0) is 25.7 Å². The zero-order chi connectivity index (χ0) is 21.7. The van der Waals surface area contributed by atoms with Crippen molar-refractivity contribution in [3.63, 3.8) is 0 Å². The van der Waals surface area contributed by atoms with Crippen LogP contribution < -0.4 is 5.32 Å². The van der Waals surface area contributed by atoms with E-state index in [2.05, 4.69) is 21.2 Å². The minimum Gasteiger partial charge on any atom is -0.455 e. The Labute approximate surface area is 180 Å². The van der Waals surface area contributed by atoms with Crippen molar-refractivity contribution >= 4 is 45.1 Å². The minimum atomic E-state index is -0.625. The molecule has 30 heavy (non-hydrogen) atoms. The van der Waals surface area contributed by atoms with E-state index in [-0.39, 0.29) is 24.6 Å². The third-order valence-electron chi connectivity index (χ3n) is 4.55. The van der Waals surface area contributed by atoms with Gasteiger partial charge in [-0.1, -0.05) is 30.3 Å². The Morgan fingerprint density at radius 3 is 2.63 bits per heavy atom. The molecule has 3 rings (SSSR count). The molecule has 0 bridgehead atoms. The fourth-order valence-corrected chi connectivity index (χ4v) is 3.51. The number of esters is 1. The highest BCUT2D eigenvalue weighted by Gasteiger charge is 2.35. The molecule has 1 aliphatic heterocycles. The van der Waals surface area contributed by atoms with Crippen molar-refractivity contribution in [2.45, 2.75) is 13.0 Å². The van der Waals surface area contributed by atoms with Gasteiger partial charge in [0, 0.05) is 36.1 Å². The number of nitro benzene ring substituents is 1. The van der Waals surface area contributed by atoms with Crippen LogP contribution in [0, 0.1) is 16.0 Å². The summed E-state index contributed by atoms with van der Waals surface area (Å²) in [7, 11) is 0. The van der Waals surface area contributed by atoms with Crippen molar-refractivity contribution < 1.29 is 24.0 Å². The van der Waals surface area contributed by atoms with Gasteiger partial charge in [0.25, 0.3) is 11.6 Å². The van der Waals surface area contributed by atoms with Crippen LogP contribution in [0.4, 0.5) is 11.4 Å². The van der Waals surface area contributed by atoms with Crippen molar-refractivity contribution in [3.05, 3.63) is 68.7 Å². The predicted octanol–water partition coefficient (Wildman–Crippen LogP) is 2.89. The quantitative estimate of drug-likeness (QED) is 0.373. The van der Waals surface area contributed by atoms with E-state index in [4.69, 9.17) is 4.74 Å². The topological polar surface area (TPSA) is 119 Å². The van der Waals surface area contributed by atoms with E-state index in [0.717, 1.165) is 5.56 Å². The number of halogens is 1. The molecule has 0 radical (unpaired) electrons. The highest BCUT2D eigenvalue weighted by Crippen LogP contribution is 2.27. The largest absolute Gasteiger partial charge is 0.455 e. The molecule has 9 nitrogen and oxygen atoms in total. The van der Waals surface area contributed by atoms with Gasteiger partial charge in [-0.25, -0.2) is 0 Å². The summed E-state index contributed by atoms with van der Waals surface area (Å²) in [5.41, 5.74) is 1.15. The molecular weight excluding hydrogens is 458 g/mol. The van der Waals surface area contributed by atoms with E-state index < -0.39 is 29.3 Å². The number of ether oxygens (including phenoxy) is 1. The molecule has 1 heterocycles. The maximum Gasteiger partial charge on any atom is 0.311 e. The second-order valence-corrected chi connectivity index (χ2v) is 7.59. The van der Waals surface area contributed by atoms with Crippen LogP contribution in [0.1, 0.15) is 12.0 Å². The van der Waals surface area contributed by atoms with Crippen LogP contribution in [0.15, 0.2) is 53.0 Å². The number of nitro groups is 1. The maximum absolute atomic E-state index is 12.3. The summed E-state index contributed by atoms with van der Waals surface area (Å²) in [4.78, 5) is 48.3. The van der Waals surface area contributed by atoms with E-state index >= 15 is 0 Å². The molecule has 2 aromatic rings. The Hall–Kier alpha value is -3.27. The van der Waals surface area contributed by atoms with Crippen molar-refractivity contribution in [3.8, 4) is 0 Å². The number of anilines is 1. The summed E-state index contributed by atoms with van der Waals surface area (Å²) in [6.45, 7) is 0.131. The zero-order valence-electron chi connectivity index (χ0n) is 15.7. The number of nitrogens with zero attached hydrogens (tertiary/aromatic N) is 2. The highest BCUT2D eigenvalue weighted by atomic mass is 79.9. The number of carbonyl (C=O) groups excluding carboxylic acids is 3. The number of rotatable bonds is 7. The average molecular weight is 476 g/mol. The van der Waals surface area contributed by atoms with Gasteiger partial charge in [0.05, 0.1) is 16.5 Å². The Balaban J connectivity index is 1.49. The Morgan fingerprint density at radius 1 is 1.23 bits per heavy atom. The molecule has 0 spiro atoms. The second kappa shape index (κ2) is 9.49. The summed E-state index contributed by atoms with van der Waals surface area (Å²) < 4.78 is 5.38. The van der Waals surface area contributed by atoms with Crippen LogP contribution in [0.2, 0.25) is 0 Å². The first-order valence-electron chi connectivity index (χ1n) is 9.05. The summed E-state index contributed by atoms with van der Waals surface area (Å²) >= 11 is 3.15. The number of benzene rings is 2. The number of likely N-dealkylation sites (tertiary alicyclic amines) is 1. The first kappa shape index (κ1) is 21.4. The van der Waals surface area contributed by atoms with Gasteiger partial charge in [-0.05, 0) is 27.6 Å². The molecule has 1 N–H and O–H groups in total. The van der Waals surface area contributed by atoms with Crippen LogP contribution in [0.25, 0.3) is 0 Å². The van der Waals surface area contributed by atoms with Gasteiger partial charge >= 0.3 is 5.97 Å². The van der Waals surface area contributed by atoms with Crippen LogP contribution >= 0.6 is 15.9 Å². The predicted molar refractivity (Wildman–Crippen MR) is 110 cm³/mol. The third-order valence-corrected chi connectivity index (χ3v) is 5.20. The lowest BCUT2D eigenvalue weighted by Gasteiger charge is -2.16. The smallest absolute Gasteiger partial charge is 0.311 e. The number of hydrogen-bond donors (Lipinski definition) is 1. The van der Waals surface area contributed by atoms with Crippen molar-refractivity contribution in [1.82, 2.24) is 4.90 Å². The zero-order valence-corrected chi connectivity index (χ0v) is 17.3. The van der Waals surface area contributed by atoms with Crippen LogP contribution in [-0.4, -0.2) is 40.8 Å². The van der Waals surface area contributed by atoms with Gasteiger partial charge in [-0.3, -0.25) is 24.5 Å². The Bertz CT molecular complexity index is 982.